The fourth-order valence-corrected chi connectivity index (χ4v) is 2.47. The summed E-state index contributed by atoms with van der Waals surface area (Å²) in [4.78, 5) is 0. The van der Waals surface area contributed by atoms with Crippen molar-refractivity contribution in [2.24, 2.45) is 0 Å². The van der Waals surface area contributed by atoms with Gasteiger partial charge >= 0.3 is 0 Å². The fourth-order valence-electron chi connectivity index (χ4n) is 2.47. The van der Waals surface area contributed by atoms with Gasteiger partial charge in [0.15, 0.2) is 30.4 Å². The quantitative estimate of drug-likeness (QED) is 0.685. The summed E-state index contributed by atoms with van der Waals surface area (Å²) in [5.74, 6) is 1.51. The second-order valence-electron chi connectivity index (χ2n) is 4.94. The van der Waals surface area contributed by atoms with Gasteiger partial charge in [-0.05, 0) is 29.7 Å². The summed E-state index contributed by atoms with van der Waals surface area (Å²) in [5.41, 5.74) is 1.17. The van der Waals surface area contributed by atoms with Crippen molar-refractivity contribution in [1.82, 2.24) is 0 Å². The largest absolute Gasteiger partial charge is 0.493 e. The molecule has 0 aliphatic carbocycles. The van der Waals surface area contributed by atoms with Crippen molar-refractivity contribution >= 4 is 10.8 Å². The predicted molar refractivity (Wildman–Crippen MR) is 82.8 cm³/mol. The molecule has 1 heterocycles. The van der Waals surface area contributed by atoms with E-state index in [1.165, 1.54) is 16.3 Å². The minimum absolute atomic E-state index is 0.754. The normalized spacial score (nSPS) is 10.6. The molecule has 0 amide bonds. The van der Waals surface area contributed by atoms with Gasteiger partial charge in [-0.25, -0.2) is 4.57 Å². The highest BCUT2D eigenvalue weighted by molar-refractivity contribution is 5.80. The van der Waals surface area contributed by atoms with Crippen molar-refractivity contribution in [3.05, 3.63) is 66.5 Å². The number of fused-ring (bicyclic) bond motifs is 1. The number of rotatable bonds is 4. The van der Waals surface area contributed by atoms with E-state index >= 15 is 0 Å². The molecule has 3 rings (SSSR count). The maximum atomic E-state index is 5.35. The molecule has 3 nitrogen and oxygen atoms in total. The Bertz CT molecular complexity index is 768. The van der Waals surface area contributed by atoms with E-state index in [1.807, 2.05) is 12.1 Å². The van der Waals surface area contributed by atoms with E-state index in [4.69, 9.17) is 9.47 Å². The summed E-state index contributed by atoms with van der Waals surface area (Å²) in [6, 6.07) is 16.5. The Morgan fingerprint density at radius 1 is 0.857 bits per heavy atom. The fraction of sp³-hybridized carbons (Fsp3) is 0.167. The second kappa shape index (κ2) is 5.83. The summed E-state index contributed by atoms with van der Waals surface area (Å²) >= 11 is 0. The molecule has 0 saturated carbocycles. The highest BCUT2D eigenvalue weighted by Gasteiger charge is 2.09. The molecule has 0 N–H and O–H groups in total. The van der Waals surface area contributed by atoms with Crippen molar-refractivity contribution in [3.8, 4) is 11.5 Å². The Labute approximate surface area is 124 Å². The highest BCUT2D eigenvalue weighted by Crippen LogP contribution is 2.27. The lowest BCUT2D eigenvalue weighted by atomic mass is 10.1. The van der Waals surface area contributed by atoms with Crippen LogP contribution >= 0.6 is 0 Å². The van der Waals surface area contributed by atoms with Gasteiger partial charge in [-0.3, -0.25) is 0 Å². The van der Waals surface area contributed by atoms with Crippen LogP contribution in [-0.2, 0) is 6.54 Å². The monoisotopic (exact) mass is 280 g/mol. The van der Waals surface area contributed by atoms with Gasteiger partial charge in [0.05, 0.1) is 14.2 Å². The van der Waals surface area contributed by atoms with Crippen LogP contribution in [0.2, 0.25) is 0 Å². The number of methoxy groups -OCH3 is 2. The van der Waals surface area contributed by atoms with Gasteiger partial charge in [0.1, 0.15) is 0 Å². The number of benzene rings is 2. The van der Waals surface area contributed by atoms with Crippen molar-refractivity contribution in [1.29, 1.82) is 0 Å². The Balaban J connectivity index is 1.91. The Morgan fingerprint density at radius 2 is 1.62 bits per heavy atom. The molecule has 0 aliphatic rings. The first-order chi connectivity index (χ1) is 10.3. The lowest BCUT2D eigenvalue weighted by molar-refractivity contribution is -0.687. The third kappa shape index (κ3) is 2.82. The van der Waals surface area contributed by atoms with Gasteiger partial charge in [0, 0.05) is 17.0 Å². The third-order valence-corrected chi connectivity index (χ3v) is 3.56. The first-order valence-corrected chi connectivity index (χ1v) is 6.89. The molecule has 3 heteroatoms. The van der Waals surface area contributed by atoms with E-state index in [0.29, 0.717) is 0 Å². The molecule has 21 heavy (non-hydrogen) atoms. The van der Waals surface area contributed by atoms with Crippen LogP contribution in [0.1, 0.15) is 5.56 Å². The molecule has 106 valence electrons. The summed E-state index contributed by atoms with van der Waals surface area (Å²) < 4.78 is 12.8. The minimum Gasteiger partial charge on any atom is -0.493 e. The summed E-state index contributed by atoms with van der Waals surface area (Å²) in [5, 5.41) is 2.49. The average Bonchev–Trinajstić information content (AvgIpc) is 2.54. The summed E-state index contributed by atoms with van der Waals surface area (Å²) in [6.07, 6.45) is 4.26. The van der Waals surface area contributed by atoms with Crippen molar-refractivity contribution < 1.29 is 14.0 Å². The zero-order chi connectivity index (χ0) is 14.7. The molecular weight excluding hydrogens is 262 g/mol. The molecule has 0 saturated heterocycles. The molecule has 3 aromatic rings. The standard InChI is InChI=1S/C18H18NO2/c1-20-17-8-7-14(11-18(17)21-2)12-19-10-9-15-5-3-4-6-16(15)13-19/h3-11,13H,12H2,1-2H3/q+1. The van der Waals surface area contributed by atoms with Gasteiger partial charge in [-0.2, -0.15) is 0 Å². The van der Waals surface area contributed by atoms with Crippen LogP contribution in [0.25, 0.3) is 10.8 Å². The molecule has 2 aromatic carbocycles. The molecule has 0 spiro atoms. The molecule has 1 aromatic heterocycles. The van der Waals surface area contributed by atoms with Crippen molar-refractivity contribution in [3.63, 3.8) is 0 Å². The number of hydrogen-bond acceptors (Lipinski definition) is 2. The Hall–Kier alpha value is -2.55. The first-order valence-electron chi connectivity index (χ1n) is 6.89. The molecule has 0 radical (unpaired) electrons. The highest BCUT2D eigenvalue weighted by atomic mass is 16.5. The van der Waals surface area contributed by atoms with Crippen molar-refractivity contribution in [2.75, 3.05) is 14.2 Å². The summed E-state index contributed by atoms with van der Waals surface area (Å²) in [7, 11) is 3.31. The first kappa shape index (κ1) is 13.4. The third-order valence-electron chi connectivity index (χ3n) is 3.56. The number of nitrogens with zero attached hydrogens (tertiary/aromatic N) is 1. The molecule has 0 unspecified atom stereocenters. The number of ether oxygens (including phenoxy) is 2. The van der Waals surface area contributed by atoms with Gasteiger partial charge in [0.25, 0.3) is 0 Å². The zero-order valence-electron chi connectivity index (χ0n) is 12.2. The Morgan fingerprint density at radius 3 is 2.38 bits per heavy atom. The van der Waals surface area contributed by atoms with Crippen LogP contribution in [0.15, 0.2) is 60.9 Å². The van der Waals surface area contributed by atoms with Gasteiger partial charge in [0.2, 0.25) is 0 Å². The minimum atomic E-state index is 0.754. The lowest BCUT2D eigenvalue weighted by Gasteiger charge is -2.08. The predicted octanol–water partition coefficient (Wildman–Crippen LogP) is 3.19. The van der Waals surface area contributed by atoms with E-state index in [0.717, 1.165) is 18.0 Å². The number of pyridine rings is 1. The van der Waals surface area contributed by atoms with Crippen molar-refractivity contribution in [2.45, 2.75) is 6.54 Å². The van der Waals surface area contributed by atoms with Crippen LogP contribution in [0.5, 0.6) is 11.5 Å². The molecule has 0 atom stereocenters. The van der Waals surface area contributed by atoms with E-state index in [-0.39, 0.29) is 0 Å². The molecule has 0 aliphatic heterocycles. The van der Waals surface area contributed by atoms with Crippen LogP contribution in [0.3, 0.4) is 0 Å². The van der Waals surface area contributed by atoms with E-state index < -0.39 is 0 Å². The van der Waals surface area contributed by atoms with Crippen LogP contribution in [0, 0.1) is 0 Å². The van der Waals surface area contributed by atoms with Crippen LogP contribution < -0.4 is 14.0 Å². The number of aromatic nitrogens is 1. The summed E-state index contributed by atoms with van der Waals surface area (Å²) in [6.45, 7) is 0.797. The topological polar surface area (TPSA) is 22.3 Å². The van der Waals surface area contributed by atoms with Crippen LogP contribution in [-0.4, -0.2) is 14.2 Å². The lowest BCUT2D eigenvalue weighted by Crippen LogP contribution is -2.33. The van der Waals surface area contributed by atoms with Gasteiger partial charge in [-0.15, -0.1) is 0 Å². The molecule has 0 fully saturated rings. The SMILES string of the molecule is COc1ccc(C[n+]2ccc3ccccc3c2)cc1OC. The van der Waals surface area contributed by atoms with Crippen LogP contribution in [0.4, 0.5) is 0 Å². The number of hydrogen-bond donors (Lipinski definition) is 0. The smallest absolute Gasteiger partial charge is 0.176 e. The van der Waals surface area contributed by atoms with E-state index in [1.54, 1.807) is 14.2 Å². The Kier molecular flexibility index (Phi) is 3.73. The molecular formula is C18H18NO2+. The molecule has 0 bridgehead atoms. The maximum Gasteiger partial charge on any atom is 0.176 e. The van der Waals surface area contributed by atoms with E-state index in [9.17, 15) is 0 Å². The van der Waals surface area contributed by atoms with Gasteiger partial charge < -0.3 is 9.47 Å². The van der Waals surface area contributed by atoms with E-state index in [2.05, 4.69) is 53.4 Å². The maximum absolute atomic E-state index is 5.35. The second-order valence-corrected chi connectivity index (χ2v) is 4.94. The average molecular weight is 280 g/mol. The van der Waals surface area contributed by atoms with Gasteiger partial charge in [-0.1, -0.05) is 18.2 Å². The zero-order valence-corrected chi connectivity index (χ0v) is 12.2.